The van der Waals surface area contributed by atoms with Crippen LogP contribution in [0.1, 0.15) is 36.4 Å². The van der Waals surface area contributed by atoms with Crippen molar-refractivity contribution < 1.29 is 4.79 Å². The van der Waals surface area contributed by atoms with E-state index in [1.165, 1.54) is 27.0 Å². The largest absolute Gasteiger partial charge is 0.399 e. The highest BCUT2D eigenvalue weighted by Crippen LogP contribution is 2.35. The monoisotopic (exact) mass is 401 g/mol. The third-order valence-electron chi connectivity index (χ3n) is 5.30. The molecule has 0 bridgehead atoms. The average Bonchev–Trinajstić information content (AvgIpc) is 3.17. The smallest absolute Gasteiger partial charge is 0.222 e. The van der Waals surface area contributed by atoms with Crippen LogP contribution in [0.15, 0.2) is 30.3 Å². The van der Waals surface area contributed by atoms with Crippen LogP contribution in [0.3, 0.4) is 0 Å². The van der Waals surface area contributed by atoms with Crippen LogP contribution in [0.25, 0.3) is 10.9 Å². The molecule has 3 N–H and O–H groups in total. The fraction of sp³-hybridized carbons (Fsp3) is 0.381. The van der Waals surface area contributed by atoms with E-state index >= 15 is 0 Å². The van der Waals surface area contributed by atoms with Gasteiger partial charge in [0.25, 0.3) is 0 Å². The minimum absolute atomic E-state index is 0.00645. The van der Waals surface area contributed by atoms with Gasteiger partial charge in [0.1, 0.15) is 0 Å². The lowest BCUT2D eigenvalue weighted by atomic mass is 9.91. The van der Waals surface area contributed by atoms with Gasteiger partial charge in [-0.1, -0.05) is 25.4 Å². The fourth-order valence-electron chi connectivity index (χ4n) is 3.93. The molecule has 1 atom stereocenters. The minimum Gasteiger partial charge on any atom is -0.399 e. The molecule has 2 aromatic heterocycles. The Bertz CT molecular complexity index is 1000. The molecule has 0 radical (unpaired) electrons. The molecule has 1 aliphatic carbocycles. The fourth-order valence-corrected chi connectivity index (χ4v) is 5.01. The number of nitrogens with zero attached hydrogens (tertiary/aromatic N) is 1. The van der Waals surface area contributed by atoms with Gasteiger partial charge in [-0.25, -0.2) is 0 Å². The molecule has 142 valence electrons. The molecular weight excluding hydrogens is 378 g/mol. The number of carbonyl (C=O) groups is 1. The van der Waals surface area contributed by atoms with Gasteiger partial charge >= 0.3 is 0 Å². The van der Waals surface area contributed by atoms with Crippen molar-refractivity contribution in [2.45, 2.75) is 45.7 Å². The molecule has 4 rings (SSSR count). The zero-order valence-electron chi connectivity index (χ0n) is 15.6. The summed E-state index contributed by atoms with van der Waals surface area (Å²) < 4.78 is 3.21. The van der Waals surface area contributed by atoms with E-state index in [0.29, 0.717) is 0 Å². The number of anilines is 1. The average molecular weight is 402 g/mol. The Hall–Kier alpha value is -1.98. The van der Waals surface area contributed by atoms with Gasteiger partial charge in [-0.2, -0.15) is 0 Å². The maximum Gasteiger partial charge on any atom is 0.222 e. The van der Waals surface area contributed by atoms with Gasteiger partial charge in [0.15, 0.2) is 0 Å². The van der Waals surface area contributed by atoms with Gasteiger partial charge in [0, 0.05) is 39.1 Å². The second kappa shape index (κ2) is 7.21. The highest BCUT2D eigenvalue weighted by atomic mass is 35.5. The molecule has 1 unspecified atom stereocenters. The second-order valence-electron chi connectivity index (χ2n) is 7.60. The number of carbonyl (C=O) groups excluding carboxylic acids is 1. The van der Waals surface area contributed by atoms with Crippen molar-refractivity contribution >= 4 is 45.4 Å². The number of hydrogen-bond acceptors (Lipinski definition) is 3. The summed E-state index contributed by atoms with van der Waals surface area (Å²) in [6, 6.07) is 10.4. The highest BCUT2D eigenvalue weighted by Gasteiger charge is 2.27. The highest BCUT2D eigenvalue weighted by molar-refractivity contribution is 7.16. The quantitative estimate of drug-likeness (QED) is 0.627. The van der Waals surface area contributed by atoms with Crippen LogP contribution in [0, 0.1) is 5.92 Å². The van der Waals surface area contributed by atoms with Crippen LogP contribution in [-0.2, 0) is 24.2 Å². The van der Waals surface area contributed by atoms with Gasteiger partial charge in [-0.05, 0) is 55.2 Å². The molecule has 3 aromatic rings. The van der Waals surface area contributed by atoms with Crippen molar-refractivity contribution in [1.82, 2.24) is 9.88 Å². The van der Waals surface area contributed by atoms with Crippen molar-refractivity contribution in [3.05, 3.63) is 50.8 Å². The van der Waals surface area contributed by atoms with Crippen LogP contribution in [-0.4, -0.2) is 16.5 Å². The number of rotatable bonds is 4. The number of hydrogen-bond donors (Lipinski definition) is 2. The Balaban J connectivity index is 1.73. The van der Waals surface area contributed by atoms with Gasteiger partial charge in [0.05, 0.1) is 10.9 Å². The number of aromatic nitrogens is 1. The van der Waals surface area contributed by atoms with Crippen LogP contribution in [0.2, 0.25) is 4.34 Å². The molecule has 0 spiro atoms. The molecule has 1 aromatic carbocycles. The number of benzene rings is 1. The summed E-state index contributed by atoms with van der Waals surface area (Å²) in [4.78, 5) is 13.4. The standard InChI is InChI=1S/C21H24ClN3OS/c1-12(2)21(26)24-14-4-7-19-17(10-14)16-9-13(23)3-6-18(16)25(19)11-15-5-8-20(22)27-15/h3,5-6,8-9,12,14H,4,7,10-11,23H2,1-2H3,(H,24,26). The van der Waals surface area contributed by atoms with Gasteiger partial charge < -0.3 is 15.6 Å². The second-order valence-corrected chi connectivity index (χ2v) is 9.40. The lowest BCUT2D eigenvalue weighted by Gasteiger charge is -2.26. The van der Waals surface area contributed by atoms with Gasteiger partial charge in [-0.15, -0.1) is 11.3 Å². The maximum absolute atomic E-state index is 12.1. The molecule has 4 nitrogen and oxygen atoms in total. The molecule has 6 heteroatoms. The third-order valence-corrected chi connectivity index (χ3v) is 6.52. The van der Waals surface area contributed by atoms with E-state index in [9.17, 15) is 4.79 Å². The molecule has 0 saturated carbocycles. The summed E-state index contributed by atoms with van der Waals surface area (Å²) in [5, 5.41) is 4.41. The lowest BCUT2D eigenvalue weighted by Crippen LogP contribution is -2.41. The SMILES string of the molecule is CC(C)C(=O)NC1CCc2c(c3cc(N)ccc3n2Cc2ccc(Cl)s2)C1. The van der Waals surface area contributed by atoms with E-state index in [1.807, 2.05) is 26.0 Å². The Morgan fingerprint density at radius 1 is 1.37 bits per heavy atom. The summed E-state index contributed by atoms with van der Waals surface area (Å²) >= 11 is 7.75. The minimum atomic E-state index is 0.00645. The van der Waals surface area contributed by atoms with Crippen molar-refractivity contribution in [2.24, 2.45) is 5.92 Å². The first kappa shape index (κ1) is 18.4. The van der Waals surface area contributed by atoms with E-state index < -0.39 is 0 Å². The van der Waals surface area contributed by atoms with Crippen LogP contribution < -0.4 is 11.1 Å². The first-order chi connectivity index (χ1) is 12.9. The van der Waals surface area contributed by atoms with E-state index in [0.717, 1.165) is 35.8 Å². The van der Waals surface area contributed by atoms with Gasteiger partial charge in [0.2, 0.25) is 5.91 Å². The van der Waals surface area contributed by atoms with Crippen LogP contribution in [0.5, 0.6) is 0 Å². The Labute approximate surface area is 168 Å². The summed E-state index contributed by atoms with van der Waals surface area (Å²) in [5.74, 6) is 0.131. The topological polar surface area (TPSA) is 60.1 Å². The van der Waals surface area contributed by atoms with Crippen LogP contribution in [0.4, 0.5) is 5.69 Å². The molecule has 0 saturated heterocycles. The molecule has 0 aliphatic heterocycles. The Morgan fingerprint density at radius 2 is 2.19 bits per heavy atom. The predicted molar refractivity (Wildman–Crippen MR) is 114 cm³/mol. The molecule has 2 heterocycles. The summed E-state index contributed by atoms with van der Waals surface area (Å²) in [7, 11) is 0. The van der Waals surface area contributed by atoms with Crippen molar-refractivity contribution in [3.8, 4) is 0 Å². The Morgan fingerprint density at radius 3 is 2.89 bits per heavy atom. The number of nitrogens with one attached hydrogen (secondary N) is 1. The van der Waals surface area contributed by atoms with Crippen LogP contribution >= 0.6 is 22.9 Å². The van der Waals surface area contributed by atoms with E-state index in [4.69, 9.17) is 17.3 Å². The van der Waals surface area contributed by atoms with Crippen molar-refractivity contribution in [3.63, 3.8) is 0 Å². The zero-order chi connectivity index (χ0) is 19.1. The number of nitrogen functional groups attached to an aromatic ring is 1. The number of nitrogens with two attached hydrogens (primary N) is 1. The first-order valence-electron chi connectivity index (χ1n) is 9.36. The number of halogens is 1. The summed E-state index contributed by atoms with van der Waals surface area (Å²) in [6.07, 6.45) is 2.76. The van der Waals surface area contributed by atoms with Crippen molar-refractivity contribution in [1.29, 1.82) is 0 Å². The molecular formula is C21H24ClN3OS. The first-order valence-corrected chi connectivity index (χ1v) is 10.6. The van der Waals surface area contributed by atoms with E-state index in [1.54, 1.807) is 11.3 Å². The lowest BCUT2D eigenvalue weighted by molar-refractivity contribution is -0.124. The molecule has 1 amide bonds. The summed E-state index contributed by atoms with van der Waals surface area (Å²) in [6.45, 7) is 4.68. The van der Waals surface area contributed by atoms with E-state index in [2.05, 4.69) is 28.1 Å². The number of fused-ring (bicyclic) bond motifs is 3. The Kier molecular flexibility index (Phi) is 4.91. The number of thiophene rings is 1. The zero-order valence-corrected chi connectivity index (χ0v) is 17.2. The van der Waals surface area contributed by atoms with E-state index in [-0.39, 0.29) is 17.9 Å². The predicted octanol–water partition coefficient (Wildman–Crippen LogP) is 4.62. The molecule has 1 aliphatic rings. The molecule has 27 heavy (non-hydrogen) atoms. The normalized spacial score (nSPS) is 16.7. The van der Waals surface area contributed by atoms with Gasteiger partial charge in [-0.3, -0.25) is 4.79 Å². The third kappa shape index (κ3) is 3.58. The van der Waals surface area contributed by atoms with Crippen molar-refractivity contribution in [2.75, 3.05) is 5.73 Å². The number of amides is 1. The maximum atomic E-state index is 12.1. The molecule has 0 fully saturated rings. The summed E-state index contributed by atoms with van der Waals surface area (Å²) in [5.41, 5.74) is 10.7.